The first kappa shape index (κ1) is 15.5. The first-order valence-corrected chi connectivity index (χ1v) is 7.64. The smallest absolute Gasteiger partial charge is 0.237 e. The van der Waals surface area contributed by atoms with Crippen LogP contribution in [0, 0.1) is 13.8 Å². The highest BCUT2D eigenvalue weighted by Crippen LogP contribution is 2.20. The molecule has 2 rings (SSSR count). The molecule has 112 valence electrons. The number of amides is 1. The fourth-order valence-electron chi connectivity index (χ4n) is 2.02. The van der Waals surface area contributed by atoms with Gasteiger partial charge < -0.3 is 16.2 Å². The molecule has 0 aliphatic carbocycles. The summed E-state index contributed by atoms with van der Waals surface area (Å²) in [6.07, 6.45) is 0.453. The van der Waals surface area contributed by atoms with E-state index in [1.807, 2.05) is 0 Å². The number of rotatable bonds is 5. The standard InChI is InChI=1S/C16H20N2O2S/c1-10-7-14(21-11(10)2)9-18-16(20)15(17)8-12-3-5-13(19)6-4-12/h3-7,15,19H,8-9,17H2,1-2H3,(H,18,20). The van der Waals surface area contributed by atoms with Gasteiger partial charge in [0.2, 0.25) is 5.91 Å². The van der Waals surface area contributed by atoms with Crippen LogP contribution in [0.4, 0.5) is 0 Å². The second kappa shape index (κ2) is 6.74. The van der Waals surface area contributed by atoms with Crippen LogP contribution in [0.2, 0.25) is 0 Å². The van der Waals surface area contributed by atoms with Gasteiger partial charge in [0.1, 0.15) is 5.75 Å². The number of phenolic OH excluding ortho intramolecular Hbond substituents is 1. The second-order valence-electron chi connectivity index (χ2n) is 5.15. The number of aromatic hydroxyl groups is 1. The van der Waals surface area contributed by atoms with Crippen molar-refractivity contribution in [1.82, 2.24) is 5.32 Å². The molecule has 0 saturated carbocycles. The highest BCUT2D eigenvalue weighted by molar-refractivity contribution is 7.12. The molecule has 1 atom stereocenters. The number of hydrogen-bond donors (Lipinski definition) is 3. The Kier molecular flexibility index (Phi) is 4.98. The topological polar surface area (TPSA) is 75.4 Å². The van der Waals surface area contributed by atoms with Crippen molar-refractivity contribution in [2.45, 2.75) is 32.9 Å². The Morgan fingerprint density at radius 1 is 1.33 bits per heavy atom. The van der Waals surface area contributed by atoms with Gasteiger partial charge in [-0.2, -0.15) is 0 Å². The average molecular weight is 304 g/mol. The number of phenols is 1. The van der Waals surface area contributed by atoms with Gasteiger partial charge in [0.05, 0.1) is 12.6 Å². The molecule has 0 bridgehead atoms. The third kappa shape index (κ3) is 4.31. The summed E-state index contributed by atoms with van der Waals surface area (Å²) in [4.78, 5) is 14.4. The molecule has 1 heterocycles. The number of nitrogens with one attached hydrogen (secondary N) is 1. The van der Waals surface area contributed by atoms with Crippen molar-refractivity contribution in [3.63, 3.8) is 0 Å². The Balaban J connectivity index is 1.86. The van der Waals surface area contributed by atoms with Gasteiger partial charge in [-0.15, -0.1) is 11.3 Å². The van der Waals surface area contributed by atoms with E-state index in [2.05, 4.69) is 25.2 Å². The lowest BCUT2D eigenvalue weighted by Crippen LogP contribution is -2.41. The summed E-state index contributed by atoms with van der Waals surface area (Å²) in [5.74, 6) is 0.0481. The lowest BCUT2D eigenvalue weighted by Gasteiger charge is -2.12. The van der Waals surface area contributed by atoms with Gasteiger partial charge in [-0.1, -0.05) is 12.1 Å². The lowest BCUT2D eigenvalue weighted by atomic mass is 10.1. The van der Waals surface area contributed by atoms with E-state index < -0.39 is 6.04 Å². The van der Waals surface area contributed by atoms with Gasteiger partial charge in [-0.25, -0.2) is 0 Å². The summed E-state index contributed by atoms with van der Waals surface area (Å²) in [5, 5.41) is 12.1. The van der Waals surface area contributed by atoms with Crippen LogP contribution in [0.1, 0.15) is 20.9 Å². The maximum Gasteiger partial charge on any atom is 0.237 e. The zero-order chi connectivity index (χ0) is 15.4. The van der Waals surface area contributed by atoms with Gasteiger partial charge in [-0.05, 0) is 49.6 Å². The van der Waals surface area contributed by atoms with E-state index in [0.717, 1.165) is 10.4 Å². The Morgan fingerprint density at radius 2 is 2.00 bits per heavy atom. The number of aryl methyl sites for hydroxylation is 2. The molecular weight excluding hydrogens is 284 g/mol. The van der Waals surface area contributed by atoms with E-state index in [1.54, 1.807) is 35.6 Å². The minimum absolute atomic E-state index is 0.160. The number of hydrogen-bond acceptors (Lipinski definition) is 4. The first-order chi connectivity index (χ1) is 9.95. The van der Waals surface area contributed by atoms with Crippen LogP contribution in [-0.2, 0) is 17.8 Å². The van der Waals surface area contributed by atoms with Crippen LogP contribution in [0.25, 0.3) is 0 Å². The number of benzene rings is 1. The van der Waals surface area contributed by atoms with Crippen LogP contribution < -0.4 is 11.1 Å². The van der Waals surface area contributed by atoms with Crippen molar-refractivity contribution in [3.8, 4) is 5.75 Å². The summed E-state index contributed by atoms with van der Waals surface area (Å²) in [6.45, 7) is 4.65. The molecule has 0 aliphatic rings. The van der Waals surface area contributed by atoms with Gasteiger partial charge >= 0.3 is 0 Å². The quantitative estimate of drug-likeness (QED) is 0.793. The van der Waals surface area contributed by atoms with Crippen LogP contribution in [0.15, 0.2) is 30.3 Å². The van der Waals surface area contributed by atoms with Crippen molar-refractivity contribution in [2.24, 2.45) is 5.73 Å². The fourth-order valence-corrected chi connectivity index (χ4v) is 3.01. The number of carbonyl (C=O) groups is 1. The Hall–Kier alpha value is -1.85. The molecule has 4 nitrogen and oxygen atoms in total. The average Bonchev–Trinajstić information content (AvgIpc) is 2.77. The molecule has 1 amide bonds. The molecular formula is C16H20N2O2S. The minimum atomic E-state index is -0.586. The molecule has 4 N–H and O–H groups in total. The molecule has 5 heteroatoms. The first-order valence-electron chi connectivity index (χ1n) is 6.83. The molecule has 1 aromatic heterocycles. The summed E-state index contributed by atoms with van der Waals surface area (Å²) < 4.78 is 0. The zero-order valence-corrected chi connectivity index (χ0v) is 13.0. The lowest BCUT2D eigenvalue weighted by molar-refractivity contribution is -0.122. The molecule has 0 saturated heterocycles. The Labute approximate surface area is 128 Å². The normalized spacial score (nSPS) is 12.1. The van der Waals surface area contributed by atoms with Crippen molar-refractivity contribution in [1.29, 1.82) is 0 Å². The van der Waals surface area contributed by atoms with E-state index >= 15 is 0 Å². The monoisotopic (exact) mass is 304 g/mol. The molecule has 0 spiro atoms. The minimum Gasteiger partial charge on any atom is -0.508 e. The largest absolute Gasteiger partial charge is 0.508 e. The Morgan fingerprint density at radius 3 is 2.57 bits per heavy atom. The number of nitrogens with two attached hydrogens (primary N) is 1. The van der Waals surface area contributed by atoms with E-state index in [1.165, 1.54) is 10.4 Å². The van der Waals surface area contributed by atoms with Gasteiger partial charge in [-0.3, -0.25) is 4.79 Å². The van der Waals surface area contributed by atoms with Crippen molar-refractivity contribution in [3.05, 3.63) is 51.2 Å². The van der Waals surface area contributed by atoms with Crippen molar-refractivity contribution in [2.75, 3.05) is 0 Å². The number of thiophene rings is 1. The molecule has 0 fully saturated rings. The molecule has 1 aromatic carbocycles. The maximum absolute atomic E-state index is 12.0. The van der Waals surface area contributed by atoms with E-state index in [-0.39, 0.29) is 11.7 Å². The summed E-state index contributed by atoms with van der Waals surface area (Å²) in [5.41, 5.74) is 8.09. The van der Waals surface area contributed by atoms with Crippen molar-refractivity contribution >= 4 is 17.2 Å². The molecule has 0 radical (unpaired) electrons. The van der Waals surface area contributed by atoms with Crippen LogP contribution in [-0.4, -0.2) is 17.1 Å². The Bertz CT molecular complexity index is 600. The van der Waals surface area contributed by atoms with Gasteiger partial charge in [0, 0.05) is 9.75 Å². The predicted octanol–water partition coefficient (Wildman–Crippen LogP) is 2.26. The predicted molar refractivity (Wildman–Crippen MR) is 85.4 cm³/mol. The molecule has 2 aromatic rings. The third-order valence-corrected chi connectivity index (χ3v) is 4.54. The fraction of sp³-hybridized carbons (Fsp3) is 0.312. The zero-order valence-electron chi connectivity index (χ0n) is 12.2. The third-order valence-electron chi connectivity index (χ3n) is 3.38. The number of carbonyl (C=O) groups excluding carboxylic acids is 1. The molecule has 0 aliphatic heterocycles. The summed E-state index contributed by atoms with van der Waals surface area (Å²) >= 11 is 1.69. The van der Waals surface area contributed by atoms with E-state index in [0.29, 0.717) is 13.0 Å². The highest BCUT2D eigenvalue weighted by Gasteiger charge is 2.14. The summed E-state index contributed by atoms with van der Waals surface area (Å²) in [6, 6.07) is 8.24. The van der Waals surface area contributed by atoms with Crippen LogP contribution in [0.3, 0.4) is 0 Å². The molecule has 21 heavy (non-hydrogen) atoms. The van der Waals surface area contributed by atoms with Crippen LogP contribution in [0.5, 0.6) is 5.75 Å². The van der Waals surface area contributed by atoms with Crippen molar-refractivity contribution < 1.29 is 9.90 Å². The second-order valence-corrected chi connectivity index (χ2v) is 6.49. The maximum atomic E-state index is 12.0. The van der Waals surface area contributed by atoms with E-state index in [9.17, 15) is 9.90 Å². The van der Waals surface area contributed by atoms with Gasteiger partial charge in [0.25, 0.3) is 0 Å². The molecule has 1 unspecified atom stereocenters. The van der Waals surface area contributed by atoms with Gasteiger partial charge in [0.15, 0.2) is 0 Å². The van der Waals surface area contributed by atoms with Crippen LogP contribution >= 0.6 is 11.3 Å². The summed E-state index contributed by atoms with van der Waals surface area (Å²) in [7, 11) is 0. The highest BCUT2D eigenvalue weighted by atomic mass is 32.1. The van der Waals surface area contributed by atoms with E-state index in [4.69, 9.17) is 5.73 Å². The SMILES string of the molecule is Cc1cc(CNC(=O)C(N)Cc2ccc(O)cc2)sc1C.